The Bertz CT molecular complexity index is 999. The van der Waals surface area contributed by atoms with Gasteiger partial charge in [-0.25, -0.2) is 4.39 Å². The van der Waals surface area contributed by atoms with E-state index in [4.69, 9.17) is 21.7 Å². The number of nitrogens with one attached hydrogen (secondary N) is 1. The summed E-state index contributed by atoms with van der Waals surface area (Å²) in [6, 6.07) is 10.6. The van der Waals surface area contributed by atoms with Crippen molar-refractivity contribution in [1.29, 1.82) is 0 Å². The largest absolute Gasteiger partial charge is 0.454 e. The molecule has 1 N–H and O–H groups in total. The zero-order chi connectivity index (χ0) is 20.5. The Kier molecular flexibility index (Phi) is 5.06. The van der Waals surface area contributed by atoms with E-state index in [-0.39, 0.29) is 24.8 Å². The van der Waals surface area contributed by atoms with E-state index < -0.39 is 17.8 Å². The molecule has 0 bridgehead atoms. The van der Waals surface area contributed by atoms with Gasteiger partial charge in [-0.05, 0) is 42.0 Å². The fourth-order valence-corrected chi connectivity index (χ4v) is 3.61. The fraction of sp³-hybridized carbons (Fsp3) is 0.250. The molecular formula is C20H18FN3O4S. The minimum Gasteiger partial charge on any atom is -0.454 e. The molecule has 1 saturated heterocycles. The number of fused-ring (bicyclic) bond motifs is 1. The quantitative estimate of drug-likeness (QED) is 0.757. The highest BCUT2D eigenvalue weighted by Crippen LogP contribution is 2.33. The highest BCUT2D eigenvalue weighted by atomic mass is 32.1. The molecule has 7 nitrogen and oxygen atoms in total. The molecule has 2 aromatic rings. The molecule has 4 rings (SSSR count). The second-order valence-corrected chi connectivity index (χ2v) is 7.11. The predicted octanol–water partition coefficient (Wildman–Crippen LogP) is 2.51. The number of likely N-dealkylation sites (N-methyl/N-ethyl adjacent to an activating group) is 1. The second kappa shape index (κ2) is 7.67. The van der Waals surface area contributed by atoms with Crippen LogP contribution in [0.2, 0.25) is 0 Å². The third kappa shape index (κ3) is 3.73. The second-order valence-electron chi connectivity index (χ2n) is 6.74. The first kappa shape index (κ1) is 19.1. The summed E-state index contributed by atoms with van der Waals surface area (Å²) in [4.78, 5) is 28.2. The topological polar surface area (TPSA) is 71.1 Å². The smallest absolute Gasteiger partial charge is 0.251 e. The first-order chi connectivity index (χ1) is 13.9. The van der Waals surface area contributed by atoms with Crippen LogP contribution in [0.25, 0.3) is 0 Å². The molecule has 1 fully saturated rings. The molecule has 2 amide bonds. The van der Waals surface area contributed by atoms with Gasteiger partial charge in [0.15, 0.2) is 16.6 Å². The van der Waals surface area contributed by atoms with Crippen LogP contribution < -0.4 is 14.8 Å². The molecule has 0 aliphatic carbocycles. The maximum Gasteiger partial charge on any atom is 0.251 e. The molecule has 150 valence electrons. The van der Waals surface area contributed by atoms with E-state index in [1.54, 1.807) is 24.1 Å². The van der Waals surface area contributed by atoms with Gasteiger partial charge in [-0.15, -0.1) is 0 Å². The number of hydrogen-bond donors (Lipinski definition) is 1. The van der Waals surface area contributed by atoms with Crippen LogP contribution in [0.4, 0.5) is 10.1 Å². The minimum atomic E-state index is -0.773. The van der Waals surface area contributed by atoms with Crippen LogP contribution in [-0.2, 0) is 16.1 Å². The summed E-state index contributed by atoms with van der Waals surface area (Å²) < 4.78 is 24.5. The zero-order valence-electron chi connectivity index (χ0n) is 15.6. The number of anilines is 1. The molecule has 0 aromatic heterocycles. The number of rotatable bonds is 5. The van der Waals surface area contributed by atoms with E-state index in [1.807, 2.05) is 12.1 Å². The molecule has 9 heteroatoms. The van der Waals surface area contributed by atoms with Crippen LogP contribution >= 0.6 is 12.2 Å². The highest BCUT2D eigenvalue weighted by molar-refractivity contribution is 7.80. The van der Waals surface area contributed by atoms with Crippen molar-refractivity contribution in [3.8, 4) is 11.5 Å². The van der Waals surface area contributed by atoms with Gasteiger partial charge in [0.1, 0.15) is 11.9 Å². The number of hydrogen-bond acceptors (Lipinski definition) is 5. The van der Waals surface area contributed by atoms with Crippen LogP contribution in [0.15, 0.2) is 42.5 Å². The first-order valence-electron chi connectivity index (χ1n) is 8.95. The van der Waals surface area contributed by atoms with Gasteiger partial charge in [0.25, 0.3) is 5.91 Å². The summed E-state index contributed by atoms with van der Waals surface area (Å²) >= 11 is 5.40. The normalized spacial score (nSPS) is 17.8. The van der Waals surface area contributed by atoms with Crippen molar-refractivity contribution >= 4 is 34.8 Å². The zero-order valence-corrected chi connectivity index (χ0v) is 16.4. The van der Waals surface area contributed by atoms with Gasteiger partial charge in [-0.3, -0.25) is 14.5 Å². The van der Waals surface area contributed by atoms with E-state index in [0.29, 0.717) is 23.2 Å². The van der Waals surface area contributed by atoms with Crippen LogP contribution in [-0.4, -0.2) is 46.6 Å². The highest BCUT2D eigenvalue weighted by Gasteiger charge is 2.41. The van der Waals surface area contributed by atoms with Gasteiger partial charge >= 0.3 is 0 Å². The fourth-order valence-electron chi connectivity index (χ4n) is 3.33. The minimum absolute atomic E-state index is 0.0706. The summed E-state index contributed by atoms with van der Waals surface area (Å²) in [7, 11) is 1.58. The Morgan fingerprint density at radius 2 is 2.00 bits per heavy atom. The lowest BCUT2D eigenvalue weighted by Gasteiger charge is -2.23. The number of carbonyl (C=O) groups is 2. The number of halogens is 1. The number of thiocarbonyl (C=S) groups is 1. The Labute approximate surface area is 172 Å². The van der Waals surface area contributed by atoms with Gasteiger partial charge in [-0.2, -0.15) is 0 Å². The summed E-state index contributed by atoms with van der Waals surface area (Å²) in [6.45, 7) is 0.490. The molecule has 29 heavy (non-hydrogen) atoms. The Morgan fingerprint density at radius 1 is 1.24 bits per heavy atom. The molecule has 2 heterocycles. The molecule has 0 unspecified atom stereocenters. The van der Waals surface area contributed by atoms with Crippen LogP contribution in [0, 0.1) is 5.82 Å². The van der Waals surface area contributed by atoms with Crippen molar-refractivity contribution in [3.63, 3.8) is 0 Å². The lowest BCUT2D eigenvalue weighted by atomic mass is 10.1. The number of ether oxygens (including phenoxy) is 2. The van der Waals surface area contributed by atoms with Crippen LogP contribution in [0.1, 0.15) is 12.0 Å². The number of nitrogens with zero attached hydrogens (tertiary/aromatic N) is 2. The van der Waals surface area contributed by atoms with Gasteiger partial charge in [0, 0.05) is 13.6 Å². The van der Waals surface area contributed by atoms with Crippen molar-refractivity contribution in [2.75, 3.05) is 19.2 Å². The lowest BCUT2D eigenvalue weighted by molar-refractivity contribution is -0.130. The van der Waals surface area contributed by atoms with Crippen LogP contribution in [0.5, 0.6) is 11.5 Å². The number of amides is 2. The van der Waals surface area contributed by atoms with Gasteiger partial charge in [0.05, 0.1) is 12.1 Å². The van der Waals surface area contributed by atoms with E-state index in [2.05, 4.69) is 5.32 Å². The van der Waals surface area contributed by atoms with E-state index in [9.17, 15) is 14.0 Å². The summed E-state index contributed by atoms with van der Waals surface area (Å²) in [5, 5.41) is 2.84. The summed E-state index contributed by atoms with van der Waals surface area (Å²) in [6.07, 6.45) is -0.151. The average molecular weight is 415 g/mol. The number of benzene rings is 2. The molecule has 2 aliphatic heterocycles. The monoisotopic (exact) mass is 415 g/mol. The summed E-state index contributed by atoms with van der Waals surface area (Å²) in [5.74, 6) is -0.00184. The average Bonchev–Trinajstić information content (AvgIpc) is 3.24. The third-order valence-corrected chi connectivity index (χ3v) is 5.35. The first-order valence-corrected chi connectivity index (χ1v) is 9.36. The van der Waals surface area contributed by atoms with Gasteiger partial charge in [-0.1, -0.05) is 18.2 Å². The van der Waals surface area contributed by atoms with Crippen molar-refractivity contribution in [3.05, 3.63) is 53.8 Å². The number of carbonyl (C=O) groups excluding carboxylic acids is 2. The van der Waals surface area contributed by atoms with E-state index in [1.165, 1.54) is 23.1 Å². The van der Waals surface area contributed by atoms with Gasteiger partial charge < -0.3 is 19.7 Å². The standard InChI is InChI=1S/C20H18FN3O4S/c1-23-19(26)15(9-18(25)22-14-5-3-2-4-13(14)21)24(20(23)29)10-12-6-7-16-17(8-12)28-11-27-16/h2-8,15H,9-11H2,1H3,(H,22,25)/t15-/m1/s1. The lowest BCUT2D eigenvalue weighted by Crippen LogP contribution is -2.37. The molecule has 0 radical (unpaired) electrons. The third-order valence-electron chi connectivity index (χ3n) is 4.84. The van der Waals surface area contributed by atoms with Crippen molar-refractivity contribution in [2.24, 2.45) is 0 Å². The molecule has 1 atom stereocenters. The molecular weight excluding hydrogens is 397 g/mol. The Balaban J connectivity index is 1.50. The number of para-hydroxylation sites is 1. The van der Waals surface area contributed by atoms with E-state index in [0.717, 1.165) is 5.56 Å². The molecule has 2 aromatic carbocycles. The maximum atomic E-state index is 13.8. The maximum absolute atomic E-state index is 13.8. The Hall–Kier alpha value is -3.20. The van der Waals surface area contributed by atoms with E-state index >= 15 is 0 Å². The van der Waals surface area contributed by atoms with Gasteiger partial charge in [0.2, 0.25) is 12.7 Å². The van der Waals surface area contributed by atoms with Crippen molar-refractivity contribution < 1.29 is 23.5 Å². The molecule has 0 saturated carbocycles. The summed E-state index contributed by atoms with van der Waals surface area (Å²) in [5.41, 5.74) is 0.931. The van der Waals surface area contributed by atoms with Crippen LogP contribution in [0.3, 0.4) is 0 Å². The molecule has 2 aliphatic rings. The van der Waals surface area contributed by atoms with Crippen molar-refractivity contribution in [1.82, 2.24) is 9.80 Å². The van der Waals surface area contributed by atoms with Crippen molar-refractivity contribution in [2.45, 2.75) is 19.0 Å². The Morgan fingerprint density at radius 3 is 2.79 bits per heavy atom. The molecule has 0 spiro atoms. The predicted molar refractivity (Wildman–Crippen MR) is 107 cm³/mol. The SMILES string of the molecule is CN1C(=O)[C@@H](CC(=O)Nc2ccccc2F)N(Cc2ccc3c(c2)OCO3)C1=S.